The lowest BCUT2D eigenvalue weighted by Crippen LogP contribution is -2.33. The quantitative estimate of drug-likeness (QED) is 0.784. The zero-order chi connectivity index (χ0) is 13.0. The van der Waals surface area contributed by atoms with Crippen molar-refractivity contribution in [3.05, 3.63) is 29.3 Å². The number of hydrogen-bond acceptors (Lipinski definition) is 2. The van der Waals surface area contributed by atoms with E-state index in [1.165, 1.54) is 43.2 Å². The van der Waals surface area contributed by atoms with Crippen LogP contribution in [0, 0.1) is 19.3 Å². The second-order valence-corrected chi connectivity index (χ2v) is 6.02. The maximum Gasteiger partial charge on any atom is 0.122 e. The van der Waals surface area contributed by atoms with Gasteiger partial charge >= 0.3 is 0 Å². The Morgan fingerprint density at radius 2 is 1.89 bits per heavy atom. The van der Waals surface area contributed by atoms with E-state index in [-0.39, 0.29) is 0 Å². The van der Waals surface area contributed by atoms with Crippen molar-refractivity contribution in [2.45, 2.75) is 46.0 Å². The van der Waals surface area contributed by atoms with Gasteiger partial charge in [0.05, 0.1) is 6.61 Å². The highest BCUT2D eigenvalue weighted by Gasteiger charge is 2.31. The molecule has 18 heavy (non-hydrogen) atoms. The molecule has 0 bridgehead atoms. The van der Waals surface area contributed by atoms with Crippen molar-refractivity contribution in [2.24, 2.45) is 5.41 Å². The van der Waals surface area contributed by atoms with Gasteiger partial charge in [-0.3, -0.25) is 0 Å². The Balaban J connectivity index is 2.03. The van der Waals surface area contributed by atoms with Gasteiger partial charge in [-0.2, -0.15) is 12.6 Å². The van der Waals surface area contributed by atoms with Gasteiger partial charge < -0.3 is 4.74 Å². The number of benzene rings is 1. The van der Waals surface area contributed by atoms with E-state index < -0.39 is 0 Å². The summed E-state index contributed by atoms with van der Waals surface area (Å²) in [5.41, 5.74) is 2.87. The minimum atomic E-state index is 0.303. The Hall–Kier alpha value is -0.630. The van der Waals surface area contributed by atoms with E-state index in [2.05, 4.69) is 44.7 Å². The SMILES string of the molecule is Cc1cccc(OCC2(CS)CCCCC2)c1C. The van der Waals surface area contributed by atoms with E-state index in [0.717, 1.165) is 18.1 Å². The fourth-order valence-corrected chi connectivity index (χ4v) is 3.17. The van der Waals surface area contributed by atoms with Crippen LogP contribution in [-0.2, 0) is 0 Å². The summed E-state index contributed by atoms with van der Waals surface area (Å²) in [4.78, 5) is 0. The lowest BCUT2D eigenvalue weighted by atomic mass is 9.76. The third-order valence-corrected chi connectivity index (χ3v) is 5.01. The molecule has 1 aliphatic rings. The molecule has 2 rings (SSSR count). The molecule has 0 heterocycles. The third-order valence-electron chi connectivity index (χ3n) is 4.34. The molecule has 0 amide bonds. The van der Waals surface area contributed by atoms with Crippen LogP contribution in [0.2, 0.25) is 0 Å². The van der Waals surface area contributed by atoms with Gasteiger partial charge in [-0.25, -0.2) is 0 Å². The summed E-state index contributed by atoms with van der Waals surface area (Å²) in [6, 6.07) is 6.29. The highest BCUT2D eigenvalue weighted by molar-refractivity contribution is 7.80. The Kier molecular flexibility index (Phi) is 4.60. The highest BCUT2D eigenvalue weighted by atomic mass is 32.1. The fraction of sp³-hybridized carbons (Fsp3) is 0.625. The summed E-state index contributed by atoms with van der Waals surface area (Å²) in [5, 5.41) is 0. The fourth-order valence-electron chi connectivity index (χ4n) is 2.76. The summed E-state index contributed by atoms with van der Waals surface area (Å²) < 4.78 is 6.10. The zero-order valence-electron chi connectivity index (χ0n) is 11.5. The van der Waals surface area contributed by atoms with Gasteiger partial charge in [0, 0.05) is 5.41 Å². The molecule has 2 heteroatoms. The summed E-state index contributed by atoms with van der Waals surface area (Å²) in [5.74, 6) is 1.99. The average Bonchev–Trinajstić information content (AvgIpc) is 2.41. The second kappa shape index (κ2) is 6.01. The molecule has 0 atom stereocenters. The van der Waals surface area contributed by atoms with E-state index in [4.69, 9.17) is 4.74 Å². The van der Waals surface area contributed by atoms with Gasteiger partial charge in [-0.1, -0.05) is 31.4 Å². The predicted molar refractivity (Wildman–Crippen MR) is 80.8 cm³/mol. The van der Waals surface area contributed by atoms with Gasteiger partial charge in [-0.05, 0) is 49.6 Å². The predicted octanol–water partition coefficient (Wildman–Crippen LogP) is 4.56. The molecule has 1 aromatic carbocycles. The maximum atomic E-state index is 6.10. The number of hydrogen-bond donors (Lipinski definition) is 1. The van der Waals surface area contributed by atoms with Gasteiger partial charge in [0.2, 0.25) is 0 Å². The number of aryl methyl sites for hydroxylation is 1. The van der Waals surface area contributed by atoms with Crippen molar-refractivity contribution in [3.8, 4) is 5.75 Å². The van der Waals surface area contributed by atoms with Crippen molar-refractivity contribution >= 4 is 12.6 Å². The Bertz CT molecular complexity index is 394. The molecule has 0 spiro atoms. The molecule has 0 unspecified atom stereocenters. The lowest BCUT2D eigenvalue weighted by Gasteiger charge is -2.35. The van der Waals surface area contributed by atoms with Crippen LogP contribution in [0.5, 0.6) is 5.75 Å². The van der Waals surface area contributed by atoms with Gasteiger partial charge in [-0.15, -0.1) is 0 Å². The minimum absolute atomic E-state index is 0.303. The monoisotopic (exact) mass is 264 g/mol. The number of rotatable bonds is 4. The molecule has 1 fully saturated rings. The van der Waals surface area contributed by atoms with Crippen LogP contribution >= 0.6 is 12.6 Å². The highest BCUT2D eigenvalue weighted by Crippen LogP contribution is 2.38. The maximum absolute atomic E-state index is 6.10. The smallest absolute Gasteiger partial charge is 0.122 e. The van der Waals surface area contributed by atoms with Crippen molar-refractivity contribution in [1.29, 1.82) is 0 Å². The van der Waals surface area contributed by atoms with Crippen molar-refractivity contribution < 1.29 is 4.74 Å². The first-order valence-corrected chi connectivity index (χ1v) is 7.60. The largest absolute Gasteiger partial charge is 0.493 e. The van der Waals surface area contributed by atoms with Gasteiger partial charge in [0.25, 0.3) is 0 Å². The van der Waals surface area contributed by atoms with Crippen LogP contribution in [0.4, 0.5) is 0 Å². The second-order valence-electron chi connectivity index (χ2n) is 5.71. The van der Waals surface area contributed by atoms with Crippen LogP contribution in [0.15, 0.2) is 18.2 Å². The molecule has 0 aliphatic heterocycles. The molecule has 1 aromatic rings. The molecule has 1 nitrogen and oxygen atoms in total. The molecule has 1 aliphatic carbocycles. The molecule has 0 N–H and O–H groups in total. The molecule has 1 saturated carbocycles. The summed E-state index contributed by atoms with van der Waals surface area (Å²) >= 11 is 4.56. The van der Waals surface area contributed by atoms with Gasteiger partial charge in [0.1, 0.15) is 5.75 Å². The first-order valence-electron chi connectivity index (χ1n) is 6.97. The minimum Gasteiger partial charge on any atom is -0.493 e. The average molecular weight is 264 g/mol. The van der Waals surface area contributed by atoms with Crippen molar-refractivity contribution in [3.63, 3.8) is 0 Å². The molecule has 100 valence electrons. The first kappa shape index (κ1) is 13.8. The Labute approximate surface area is 116 Å². The standard InChI is InChI=1S/C16H24OS/c1-13-7-6-8-15(14(13)2)17-11-16(12-18)9-4-3-5-10-16/h6-8,18H,3-5,9-12H2,1-2H3. The molecular formula is C16H24OS. The van der Waals surface area contributed by atoms with Crippen molar-refractivity contribution in [1.82, 2.24) is 0 Å². The third kappa shape index (κ3) is 3.03. The molecule has 0 aromatic heterocycles. The van der Waals surface area contributed by atoms with E-state index in [9.17, 15) is 0 Å². The topological polar surface area (TPSA) is 9.23 Å². The Morgan fingerprint density at radius 3 is 2.56 bits per heavy atom. The molecule has 0 saturated heterocycles. The van der Waals surface area contributed by atoms with Crippen LogP contribution in [0.1, 0.15) is 43.2 Å². The molecule has 0 radical (unpaired) electrons. The van der Waals surface area contributed by atoms with E-state index in [1.54, 1.807) is 0 Å². The summed E-state index contributed by atoms with van der Waals surface area (Å²) in [7, 11) is 0. The lowest BCUT2D eigenvalue weighted by molar-refractivity contribution is 0.120. The van der Waals surface area contributed by atoms with E-state index in [0.29, 0.717) is 5.41 Å². The van der Waals surface area contributed by atoms with Crippen LogP contribution in [-0.4, -0.2) is 12.4 Å². The molecular weight excluding hydrogens is 240 g/mol. The normalized spacial score (nSPS) is 18.6. The summed E-state index contributed by atoms with van der Waals surface area (Å²) in [6.45, 7) is 5.09. The van der Waals surface area contributed by atoms with Crippen LogP contribution in [0.3, 0.4) is 0 Å². The number of thiol groups is 1. The van der Waals surface area contributed by atoms with Gasteiger partial charge in [0.15, 0.2) is 0 Å². The van der Waals surface area contributed by atoms with E-state index in [1.807, 2.05) is 0 Å². The van der Waals surface area contributed by atoms with Crippen molar-refractivity contribution in [2.75, 3.05) is 12.4 Å². The summed E-state index contributed by atoms with van der Waals surface area (Å²) in [6.07, 6.45) is 6.56. The number of ether oxygens (including phenoxy) is 1. The Morgan fingerprint density at radius 1 is 1.17 bits per heavy atom. The van der Waals surface area contributed by atoms with Crippen LogP contribution in [0.25, 0.3) is 0 Å². The zero-order valence-corrected chi connectivity index (χ0v) is 12.4. The first-order chi connectivity index (χ1) is 8.67. The van der Waals surface area contributed by atoms with E-state index >= 15 is 0 Å². The van der Waals surface area contributed by atoms with Crippen LogP contribution < -0.4 is 4.74 Å².